The lowest BCUT2D eigenvalue weighted by Gasteiger charge is -2.26. The van der Waals surface area contributed by atoms with Crippen molar-refractivity contribution in [1.29, 1.82) is 0 Å². The number of nitrogens with zero attached hydrogens (tertiary/aromatic N) is 5. The summed E-state index contributed by atoms with van der Waals surface area (Å²) in [5.74, 6) is 0.800. The molecular weight excluding hydrogens is 304 g/mol. The quantitative estimate of drug-likeness (QED) is 0.910. The minimum absolute atomic E-state index is 0.376. The zero-order valence-corrected chi connectivity index (χ0v) is 14.1. The second-order valence-corrected chi connectivity index (χ2v) is 6.49. The normalized spacial score (nSPS) is 20.9. The van der Waals surface area contributed by atoms with Gasteiger partial charge in [-0.25, -0.2) is 9.97 Å². The zero-order chi connectivity index (χ0) is 16.4. The first-order valence-electron chi connectivity index (χ1n) is 8.69. The smallest absolute Gasteiger partial charge is 0.225 e. The lowest BCUT2D eigenvalue weighted by molar-refractivity contribution is 0.122. The highest BCUT2D eigenvalue weighted by atomic mass is 16.5. The molecule has 1 aliphatic heterocycles. The largest absolute Gasteiger partial charge is 0.378 e. The Morgan fingerprint density at radius 1 is 1.21 bits per heavy atom. The molecule has 0 amide bonds. The summed E-state index contributed by atoms with van der Waals surface area (Å²) >= 11 is 0. The van der Waals surface area contributed by atoms with Gasteiger partial charge in [0.15, 0.2) is 0 Å². The molecule has 4 rings (SSSR count). The zero-order valence-electron chi connectivity index (χ0n) is 14.1. The Bertz CT molecular complexity index is 677. The van der Waals surface area contributed by atoms with Crippen LogP contribution < -0.4 is 10.2 Å². The highest BCUT2D eigenvalue weighted by Crippen LogP contribution is 2.29. The van der Waals surface area contributed by atoms with Crippen LogP contribution in [0, 0.1) is 0 Å². The Labute approximate surface area is 142 Å². The first kappa shape index (κ1) is 15.5. The molecule has 1 saturated heterocycles. The Morgan fingerprint density at radius 2 is 2.00 bits per heavy atom. The van der Waals surface area contributed by atoms with Gasteiger partial charge in [-0.3, -0.25) is 4.68 Å². The van der Waals surface area contributed by atoms with Crippen LogP contribution in [0.1, 0.15) is 35.7 Å². The molecule has 1 atom stereocenters. The Hall–Kier alpha value is -1.99. The summed E-state index contributed by atoms with van der Waals surface area (Å²) in [6.45, 7) is 4.01. The number of anilines is 1. The van der Waals surface area contributed by atoms with Crippen LogP contribution in [0.2, 0.25) is 0 Å². The number of hydrogen-bond donors (Lipinski definition) is 1. The standard InChI is InChI=1S/C17H24N6O/c1-22-16-4-2-3-15(14(16)12-21-22)18-9-13-10-19-17(20-11-13)23-5-7-24-8-6-23/h10-12,15,18H,2-9H2,1H3/t15-/m0/s1. The van der Waals surface area contributed by atoms with Gasteiger partial charge in [-0.1, -0.05) is 0 Å². The highest BCUT2D eigenvalue weighted by molar-refractivity contribution is 5.30. The molecule has 2 aliphatic rings. The van der Waals surface area contributed by atoms with Gasteiger partial charge in [-0.2, -0.15) is 5.10 Å². The van der Waals surface area contributed by atoms with Gasteiger partial charge in [0, 0.05) is 61.9 Å². The third kappa shape index (κ3) is 3.14. The molecule has 7 heteroatoms. The van der Waals surface area contributed by atoms with Gasteiger partial charge in [-0.05, 0) is 19.3 Å². The summed E-state index contributed by atoms with van der Waals surface area (Å²) in [6.07, 6.45) is 9.35. The van der Waals surface area contributed by atoms with E-state index >= 15 is 0 Å². The van der Waals surface area contributed by atoms with Crippen molar-refractivity contribution in [3.63, 3.8) is 0 Å². The number of hydrogen-bond acceptors (Lipinski definition) is 6. The van der Waals surface area contributed by atoms with Crippen LogP contribution in [0.4, 0.5) is 5.95 Å². The second-order valence-electron chi connectivity index (χ2n) is 6.49. The molecule has 1 N–H and O–H groups in total. The van der Waals surface area contributed by atoms with E-state index in [4.69, 9.17) is 4.74 Å². The van der Waals surface area contributed by atoms with Crippen molar-refractivity contribution < 1.29 is 4.74 Å². The fourth-order valence-corrected chi connectivity index (χ4v) is 3.53. The number of ether oxygens (including phenoxy) is 1. The lowest BCUT2D eigenvalue weighted by Crippen LogP contribution is -2.37. The van der Waals surface area contributed by atoms with Gasteiger partial charge in [0.05, 0.1) is 19.4 Å². The van der Waals surface area contributed by atoms with Crippen molar-refractivity contribution >= 4 is 5.95 Å². The number of nitrogens with one attached hydrogen (secondary N) is 1. The van der Waals surface area contributed by atoms with Crippen molar-refractivity contribution in [1.82, 2.24) is 25.1 Å². The molecule has 0 bridgehead atoms. The minimum atomic E-state index is 0.376. The number of rotatable bonds is 4. The number of aromatic nitrogens is 4. The van der Waals surface area contributed by atoms with E-state index in [-0.39, 0.29) is 0 Å². The summed E-state index contributed by atoms with van der Waals surface area (Å²) in [5.41, 5.74) is 3.82. The third-order valence-corrected chi connectivity index (χ3v) is 4.91. The van der Waals surface area contributed by atoms with E-state index in [9.17, 15) is 0 Å². The van der Waals surface area contributed by atoms with E-state index in [2.05, 4.69) is 25.3 Å². The van der Waals surface area contributed by atoms with Crippen LogP contribution >= 0.6 is 0 Å². The van der Waals surface area contributed by atoms with Crippen molar-refractivity contribution in [3.8, 4) is 0 Å². The molecule has 128 valence electrons. The molecule has 0 saturated carbocycles. The van der Waals surface area contributed by atoms with Gasteiger partial charge in [0.2, 0.25) is 5.95 Å². The van der Waals surface area contributed by atoms with Crippen molar-refractivity contribution in [2.75, 3.05) is 31.2 Å². The minimum Gasteiger partial charge on any atom is -0.378 e. The third-order valence-electron chi connectivity index (χ3n) is 4.91. The Balaban J connectivity index is 1.38. The maximum absolute atomic E-state index is 5.37. The first-order chi connectivity index (χ1) is 11.8. The van der Waals surface area contributed by atoms with E-state index in [1.807, 2.05) is 30.3 Å². The fourth-order valence-electron chi connectivity index (χ4n) is 3.53. The number of fused-ring (bicyclic) bond motifs is 1. The topological polar surface area (TPSA) is 68.1 Å². The van der Waals surface area contributed by atoms with E-state index in [1.165, 1.54) is 17.7 Å². The predicted molar refractivity (Wildman–Crippen MR) is 90.8 cm³/mol. The van der Waals surface area contributed by atoms with Crippen molar-refractivity contribution in [2.45, 2.75) is 31.8 Å². The van der Waals surface area contributed by atoms with Gasteiger partial charge in [0.25, 0.3) is 0 Å². The molecule has 1 fully saturated rings. The molecule has 2 aromatic rings. The van der Waals surface area contributed by atoms with Gasteiger partial charge in [-0.15, -0.1) is 0 Å². The summed E-state index contributed by atoms with van der Waals surface area (Å²) in [7, 11) is 2.03. The molecule has 0 aromatic carbocycles. The summed E-state index contributed by atoms with van der Waals surface area (Å²) in [6, 6.07) is 0.376. The van der Waals surface area contributed by atoms with Gasteiger partial charge in [0.1, 0.15) is 0 Å². The molecule has 2 aromatic heterocycles. The molecule has 0 unspecified atom stereocenters. The van der Waals surface area contributed by atoms with Gasteiger partial charge < -0.3 is 15.0 Å². The van der Waals surface area contributed by atoms with Crippen LogP contribution in [0.5, 0.6) is 0 Å². The molecule has 0 spiro atoms. The Kier molecular flexibility index (Phi) is 4.44. The Morgan fingerprint density at radius 3 is 2.79 bits per heavy atom. The van der Waals surface area contributed by atoms with Crippen LogP contribution in [0.3, 0.4) is 0 Å². The fraction of sp³-hybridized carbons (Fsp3) is 0.588. The molecule has 0 radical (unpaired) electrons. The first-order valence-corrected chi connectivity index (χ1v) is 8.69. The van der Waals surface area contributed by atoms with Crippen molar-refractivity contribution in [3.05, 3.63) is 35.4 Å². The molecule has 24 heavy (non-hydrogen) atoms. The van der Waals surface area contributed by atoms with Crippen LogP contribution in [-0.2, 0) is 24.8 Å². The van der Waals surface area contributed by atoms with Crippen molar-refractivity contribution in [2.24, 2.45) is 7.05 Å². The van der Waals surface area contributed by atoms with Crippen LogP contribution in [0.15, 0.2) is 18.6 Å². The molecular formula is C17H24N6O. The average Bonchev–Trinajstić information content (AvgIpc) is 3.03. The molecule has 7 nitrogen and oxygen atoms in total. The van der Waals surface area contributed by atoms with Crippen LogP contribution in [0.25, 0.3) is 0 Å². The highest BCUT2D eigenvalue weighted by Gasteiger charge is 2.23. The maximum Gasteiger partial charge on any atom is 0.225 e. The molecule has 1 aliphatic carbocycles. The van der Waals surface area contributed by atoms with E-state index in [1.54, 1.807) is 0 Å². The monoisotopic (exact) mass is 328 g/mol. The predicted octanol–water partition coefficient (Wildman–Crippen LogP) is 1.21. The molecule has 3 heterocycles. The average molecular weight is 328 g/mol. The number of aryl methyl sites for hydroxylation is 1. The second kappa shape index (κ2) is 6.86. The summed E-state index contributed by atoms with van der Waals surface area (Å²) < 4.78 is 7.37. The van der Waals surface area contributed by atoms with E-state index < -0.39 is 0 Å². The van der Waals surface area contributed by atoms with Gasteiger partial charge >= 0.3 is 0 Å². The van der Waals surface area contributed by atoms with Crippen LogP contribution in [-0.4, -0.2) is 46.1 Å². The summed E-state index contributed by atoms with van der Waals surface area (Å²) in [4.78, 5) is 11.2. The number of morpholine rings is 1. The SMILES string of the molecule is Cn1ncc2c1CCC[C@@H]2NCc1cnc(N2CCOCC2)nc1. The van der Waals surface area contributed by atoms with E-state index in [0.29, 0.717) is 6.04 Å². The summed E-state index contributed by atoms with van der Waals surface area (Å²) in [5, 5.41) is 8.04. The lowest BCUT2D eigenvalue weighted by atomic mass is 9.93. The van der Waals surface area contributed by atoms with E-state index in [0.717, 1.165) is 57.2 Å². The maximum atomic E-state index is 5.37.